The zero-order valence-electron chi connectivity index (χ0n) is 12.2. The Labute approximate surface area is 128 Å². The summed E-state index contributed by atoms with van der Waals surface area (Å²) in [6.07, 6.45) is 0.880. The second-order valence-electron chi connectivity index (χ2n) is 4.79. The van der Waals surface area contributed by atoms with Crippen molar-refractivity contribution in [1.82, 2.24) is 5.32 Å². The van der Waals surface area contributed by atoms with Gasteiger partial charge in [0.05, 0.1) is 6.54 Å². The van der Waals surface area contributed by atoms with Crippen LogP contribution in [-0.2, 0) is 11.2 Å². The number of anilines is 1. The van der Waals surface area contributed by atoms with Gasteiger partial charge in [0.15, 0.2) is 0 Å². The second kappa shape index (κ2) is 7.36. The molecule has 0 spiro atoms. The topological polar surface area (TPSA) is 58.2 Å². The molecule has 0 saturated heterocycles. The Morgan fingerprint density at radius 1 is 1.09 bits per heavy atom. The summed E-state index contributed by atoms with van der Waals surface area (Å²) < 4.78 is 12.8. The highest BCUT2D eigenvalue weighted by Crippen LogP contribution is 2.10. The van der Waals surface area contributed by atoms with Crippen LogP contribution in [0.4, 0.5) is 10.1 Å². The van der Waals surface area contributed by atoms with E-state index >= 15 is 0 Å². The third kappa shape index (κ3) is 4.41. The molecule has 2 aromatic rings. The second-order valence-corrected chi connectivity index (χ2v) is 4.79. The predicted molar refractivity (Wildman–Crippen MR) is 83.2 cm³/mol. The van der Waals surface area contributed by atoms with E-state index in [9.17, 15) is 14.0 Å². The third-order valence-corrected chi connectivity index (χ3v) is 3.13. The van der Waals surface area contributed by atoms with Gasteiger partial charge in [-0.05, 0) is 48.4 Å². The molecule has 0 fully saturated rings. The lowest BCUT2D eigenvalue weighted by Gasteiger charge is -2.08. The van der Waals surface area contributed by atoms with E-state index in [1.807, 2.05) is 25.1 Å². The molecule has 0 aliphatic carbocycles. The lowest BCUT2D eigenvalue weighted by molar-refractivity contribution is -0.115. The number of amides is 2. The average Bonchev–Trinajstić information content (AvgIpc) is 2.53. The Morgan fingerprint density at radius 3 is 2.50 bits per heavy atom. The minimum atomic E-state index is -0.419. The quantitative estimate of drug-likeness (QED) is 0.892. The van der Waals surface area contributed by atoms with Gasteiger partial charge in [0, 0.05) is 11.3 Å². The monoisotopic (exact) mass is 300 g/mol. The van der Waals surface area contributed by atoms with Gasteiger partial charge < -0.3 is 10.6 Å². The molecular weight excluding hydrogens is 283 g/mol. The fourth-order valence-corrected chi connectivity index (χ4v) is 1.94. The van der Waals surface area contributed by atoms with E-state index in [2.05, 4.69) is 10.6 Å². The molecule has 5 heteroatoms. The highest BCUT2D eigenvalue weighted by molar-refractivity contribution is 5.99. The number of hydrogen-bond donors (Lipinski definition) is 2. The highest BCUT2D eigenvalue weighted by Gasteiger charge is 2.08. The Bertz CT molecular complexity index is 669. The maximum absolute atomic E-state index is 12.8. The van der Waals surface area contributed by atoms with Crippen molar-refractivity contribution in [2.75, 3.05) is 11.9 Å². The lowest BCUT2D eigenvalue weighted by atomic mass is 10.1. The molecule has 0 heterocycles. The van der Waals surface area contributed by atoms with Crippen LogP contribution in [0.1, 0.15) is 22.8 Å². The minimum absolute atomic E-state index is 0.146. The first-order valence-corrected chi connectivity index (χ1v) is 7.01. The fraction of sp³-hybridized carbons (Fsp3) is 0.176. The van der Waals surface area contributed by atoms with Gasteiger partial charge in [-0.1, -0.05) is 19.1 Å². The van der Waals surface area contributed by atoms with Crippen molar-refractivity contribution in [3.05, 3.63) is 65.5 Å². The van der Waals surface area contributed by atoms with Crippen molar-refractivity contribution in [3.8, 4) is 0 Å². The molecule has 2 N–H and O–H groups in total. The summed E-state index contributed by atoms with van der Waals surface area (Å²) in [6, 6.07) is 12.7. The first-order chi connectivity index (χ1) is 10.6. The van der Waals surface area contributed by atoms with Crippen LogP contribution in [0.15, 0.2) is 48.5 Å². The number of rotatable bonds is 5. The van der Waals surface area contributed by atoms with E-state index in [4.69, 9.17) is 0 Å². The normalized spacial score (nSPS) is 10.1. The van der Waals surface area contributed by atoms with Crippen LogP contribution in [0.5, 0.6) is 0 Å². The van der Waals surface area contributed by atoms with Crippen molar-refractivity contribution >= 4 is 17.5 Å². The SMILES string of the molecule is CCc1cccc(NC(=O)CNC(=O)c2ccc(F)cc2)c1. The summed E-state index contributed by atoms with van der Waals surface area (Å²) in [6.45, 7) is 1.89. The number of aryl methyl sites for hydroxylation is 1. The van der Waals surface area contributed by atoms with Gasteiger partial charge in [0.2, 0.25) is 5.91 Å². The van der Waals surface area contributed by atoms with Gasteiger partial charge in [-0.15, -0.1) is 0 Å². The maximum atomic E-state index is 12.8. The Hall–Kier alpha value is -2.69. The molecule has 0 aromatic heterocycles. The number of nitrogens with one attached hydrogen (secondary N) is 2. The van der Waals surface area contributed by atoms with Crippen LogP contribution in [-0.4, -0.2) is 18.4 Å². The zero-order chi connectivity index (χ0) is 15.9. The van der Waals surface area contributed by atoms with Gasteiger partial charge in [-0.3, -0.25) is 9.59 Å². The smallest absolute Gasteiger partial charge is 0.251 e. The minimum Gasteiger partial charge on any atom is -0.343 e. The standard InChI is InChI=1S/C17H17FN2O2/c1-2-12-4-3-5-15(10-12)20-16(21)11-19-17(22)13-6-8-14(18)9-7-13/h3-10H,2,11H2,1H3,(H,19,22)(H,20,21). The summed E-state index contributed by atoms with van der Waals surface area (Å²) >= 11 is 0. The molecule has 0 unspecified atom stereocenters. The molecule has 0 saturated carbocycles. The van der Waals surface area contributed by atoms with Gasteiger partial charge in [0.1, 0.15) is 5.82 Å². The lowest BCUT2D eigenvalue weighted by Crippen LogP contribution is -2.32. The van der Waals surface area contributed by atoms with Gasteiger partial charge in [-0.2, -0.15) is 0 Å². The molecule has 0 aliphatic rings. The molecular formula is C17H17FN2O2. The van der Waals surface area contributed by atoms with E-state index in [1.54, 1.807) is 6.07 Å². The summed E-state index contributed by atoms with van der Waals surface area (Å²) in [5, 5.41) is 5.21. The van der Waals surface area contributed by atoms with Gasteiger partial charge in [0.25, 0.3) is 5.91 Å². The molecule has 4 nitrogen and oxygen atoms in total. The summed E-state index contributed by atoms with van der Waals surface area (Å²) in [4.78, 5) is 23.6. The van der Waals surface area contributed by atoms with Gasteiger partial charge in [-0.25, -0.2) is 4.39 Å². The van der Waals surface area contributed by atoms with Crippen molar-refractivity contribution in [2.45, 2.75) is 13.3 Å². The van der Waals surface area contributed by atoms with Crippen LogP contribution in [0.3, 0.4) is 0 Å². The largest absolute Gasteiger partial charge is 0.343 e. The Balaban J connectivity index is 1.87. The Kier molecular flexibility index (Phi) is 5.25. The summed E-state index contributed by atoms with van der Waals surface area (Å²) in [5.74, 6) is -1.15. The molecule has 0 aliphatic heterocycles. The van der Waals surface area contributed by atoms with Crippen LogP contribution in [0.2, 0.25) is 0 Å². The number of halogens is 1. The molecule has 2 aromatic carbocycles. The van der Waals surface area contributed by atoms with Crippen LogP contribution >= 0.6 is 0 Å². The van der Waals surface area contributed by atoms with Crippen molar-refractivity contribution < 1.29 is 14.0 Å². The third-order valence-electron chi connectivity index (χ3n) is 3.13. The molecule has 0 bridgehead atoms. The van der Waals surface area contributed by atoms with E-state index in [0.29, 0.717) is 11.3 Å². The molecule has 0 atom stereocenters. The summed E-state index contributed by atoms with van der Waals surface area (Å²) in [5.41, 5.74) is 2.12. The number of carbonyl (C=O) groups excluding carboxylic acids is 2. The van der Waals surface area contributed by atoms with E-state index in [1.165, 1.54) is 24.3 Å². The van der Waals surface area contributed by atoms with Crippen molar-refractivity contribution in [2.24, 2.45) is 0 Å². The fourth-order valence-electron chi connectivity index (χ4n) is 1.94. The highest BCUT2D eigenvalue weighted by atomic mass is 19.1. The van der Waals surface area contributed by atoms with Crippen molar-refractivity contribution in [1.29, 1.82) is 0 Å². The number of carbonyl (C=O) groups is 2. The van der Waals surface area contributed by atoms with Gasteiger partial charge >= 0.3 is 0 Å². The van der Waals surface area contributed by atoms with Crippen LogP contribution < -0.4 is 10.6 Å². The average molecular weight is 300 g/mol. The number of benzene rings is 2. The van der Waals surface area contributed by atoms with E-state index in [0.717, 1.165) is 12.0 Å². The molecule has 114 valence electrons. The van der Waals surface area contributed by atoms with Crippen molar-refractivity contribution in [3.63, 3.8) is 0 Å². The van der Waals surface area contributed by atoms with E-state index < -0.39 is 11.7 Å². The first-order valence-electron chi connectivity index (χ1n) is 7.01. The maximum Gasteiger partial charge on any atom is 0.251 e. The molecule has 2 rings (SSSR count). The first kappa shape index (κ1) is 15.7. The molecule has 0 radical (unpaired) electrons. The van der Waals surface area contributed by atoms with Crippen LogP contribution in [0.25, 0.3) is 0 Å². The zero-order valence-corrected chi connectivity index (χ0v) is 12.2. The van der Waals surface area contributed by atoms with Crippen LogP contribution in [0, 0.1) is 5.82 Å². The summed E-state index contributed by atoms with van der Waals surface area (Å²) in [7, 11) is 0. The molecule has 22 heavy (non-hydrogen) atoms. The number of hydrogen-bond acceptors (Lipinski definition) is 2. The molecule has 2 amide bonds. The van der Waals surface area contributed by atoms with E-state index in [-0.39, 0.29) is 12.5 Å². The Morgan fingerprint density at radius 2 is 1.82 bits per heavy atom. The predicted octanol–water partition coefficient (Wildman–Crippen LogP) is 2.76.